The summed E-state index contributed by atoms with van der Waals surface area (Å²) in [6.07, 6.45) is 6.28. The molecule has 1 aliphatic carbocycles. The van der Waals surface area contributed by atoms with Gasteiger partial charge in [0.25, 0.3) is 11.5 Å². The number of hydrogen-bond donors (Lipinski definition) is 3. The maximum absolute atomic E-state index is 14.0. The molecule has 0 unspecified atom stereocenters. The van der Waals surface area contributed by atoms with Gasteiger partial charge in [0.2, 0.25) is 5.91 Å². The normalized spacial score (nSPS) is 19.6. The molecule has 1 atom stereocenters. The van der Waals surface area contributed by atoms with E-state index in [4.69, 9.17) is 9.72 Å². The molecule has 0 radical (unpaired) electrons. The smallest absolute Gasteiger partial charge is 0.293 e. The van der Waals surface area contributed by atoms with E-state index >= 15 is 0 Å². The van der Waals surface area contributed by atoms with Gasteiger partial charge in [-0.2, -0.15) is 0 Å². The molecular formula is C40H47N9O5. The molecule has 14 nitrogen and oxygen atoms in total. The lowest BCUT2D eigenvalue weighted by Gasteiger charge is -2.46. The number of fused-ring (bicyclic) bond motifs is 3. The van der Waals surface area contributed by atoms with Crippen LogP contribution in [0.2, 0.25) is 0 Å². The van der Waals surface area contributed by atoms with Crippen LogP contribution < -0.4 is 26.0 Å². The van der Waals surface area contributed by atoms with E-state index in [-0.39, 0.29) is 34.6 Å². The number of aryl methyl sites for hydroxylation is 1. The average molecular weight is 734 g/mol. The van der Waals surface area contributed by atoms with Crippen LogP contribution in [0.3, 0.4) is 0 Å². The van der Waals surface area contributed by atoms with Crippen LogP contribution in [0.1, 0.15) is 48.1 Å². The number of hydrogen-bond acceptors (Lipinski definition) is 10. The molecule has 0 bridgehead atoms. The molecule has 3 N–H and O–H groups in total. The highest BCUT2D eigenvalue weighted by Gasteiger charge is 2.38. The van der Waals surface area contributed by atoms with Crippen molar-refractivity contribution in [2.45, 2.75) is 58.8 Å². The number of pyridine rings is 1. The van der Waals surface area contributed by atoms with Crippen LogP contribution in [0, 0.1) is 5.41 Å². The van der Waals surface area contributed by atoms with Gasteiger partial charge in [-0.05, 0) is 67.2 Å². The van der Waals surface area contributed by atoms with E-state index in [2.05, 4.69) is 57.3 Å². The van der Waals surface area contributed by atoms with Crippen LogP contribution in [-0.2, 0) is 42.6 Å². The Morgan fingerprint density at radius 1 is 1.09 bits per heavy atom. The summed E-state index contributed by atoms with van der Waals surface area (Å²) in [6.45, 7) is 15.1. The van der Waals surface area contributed by atoms with Crippen molar-refractivity contribution in [2.24, 2.45) is 12.5 Å². The monoisotopic (exact) mass is 733 g/mol. The number of aromatic nitrogens is 4. The van der Waals surface area contributed by atoms with Gasteiger partial charge >= 0.3 is 0 Å². The third-order valence-electron chi connectivity index (χ3n) is 11.2. The quantitative estimate of drug-likeness (QED) is 0.218. The van der Waals surface area contributed by atoms with Gasteiger partial charge in [0.05, 0.1) is 48.6 Å². The summed E-state index contributed by atoms with van der Waals surface area (Å²) in [5.41, 5.74) is 6.62. The van der Waals surface area contributed by atoms with Crippen molar-refractivity contribution >= 4 is 40.4 Å². The molecule has 2 amide bonds. The topological polar surface area (TPSA) is 150 Å². The van der Waals surface area contributed by atoms with E-state index in [0.29, 0.717) is 58.8 Å². The molecule has 2 fully saturated rings. The minimum atomic E-state index is -0.393. The molecule has 8 rings (SSSR count). The van der Waals surface area contributed by atoms with Gasteiger partial charge in [-0.15, -0.1) is 0 Å². The molecular weight excluding hydrogens is 686 g/mol. The molecule has 3 aliphatic heterocycles. The molecule has 282 valence electrons. The van der Waals surface area contributed by atoms with Crippen molar-refractivity contribution in [1.82, 2.24) is 24.0 Å². The Kier molecular flexibility index (Phi) is 9.15. The molecule has 54 heavy (non-hydrogen) atoms. The Bertz CT molecular complexity index is 2220. The number of nitrogens with one attached hydrogen (secondary N) is 2. The molecule has 0 spiro atoms. The SMILES string of the molecule is C=CC(=O)Nc1cc(Nc2nc(-c3nccc(N4CCn5c(cc6c5CC(C)(C)C6)C4=O)c3CO)cn(C)c2=O)ccc1N1CCN(C2COC2)C[C@@H]1C. The highest BCUT2D eigenvalue weighted by atomic mass is 16.5. The molecule has 1 aromatic carbocycles. The largest absolute Gasteiger partial charge is 0.392 e. The van der Waals surface area contributed by atoms with Gasteiger partial charge in [0.15, 0.2) is 5.82 Å². The van der Waals surface area contributed by atoms with Crippen LogP contribution in [0.25, 0.3) is 11.4 Å². The fourth-order valence-electron chi connectivity index (χ4n) is 8.45. The number of piperazine rings is 1. The second-order valence-corrected chi connectivity index (χ2v) is 15.6. The van der Waals surface area contributed by atoms with Crippen molar-refractivity contribution in [2.75, 3.05) is 59.8 Å². The lowest BCUT2D eigenvalue weighted by Crippen LogP contribution is -2.59. The third kappa shape index (κ3) is 6.37. The number of carbonyl (C=O) groups excluding carboxylic acids is 2. The average Bonchev–Trinajstić information content (AvgIpc) is 3.61. The highest BCUT2D eigenvalue weighted by Crippen LogP contribution is 2.40. The van der Waals surface area contributed by atoms with Crippen LogP contribution in [0.4, 0.5) is 28.6 Å². The lowest BCUT2D eigenvalue weighted by atomic mass is 9.90. The van der Waals surface area contributed by atoms with E-state index < -0.39 is 6.61 Å². The number of rotatable bonds is 9. The number of carbonyl (C=O) groups is 2. The Morgan fingerprint density at radius 2 is 1.91 bits per heavy atom. The second-order valence-electron chi connectivity index (χ2n) is 15.6. The second kappa shape index (κ2) is 13.8. The Labute approximate surface area is 314 Å². The van der Waals surface area contributed by atoms with Crippen LogP contribution in [0.15, 0.2) is 60.2 Å². The van der Waals surface area contributed by atoms with Gasteiger partial charge in [0.1, 0.15) is 11.4 Å². The van der Waals surface area contributed by atoms with E-state index in [1.165, 1.54) is 21.9 Å². The first-order chi connectivity index (χ1) is 25.9. The first kappa shape index (κ1) is 35.7. The summed E-state index contributed by atoms with van der Waals surface area (Å²) in [5.74, 6) is -0.435. The molecule has 3 aromatic heterocycles. The number of amides is 2. The van der Waals surface area contributed by atoms with Crippen molar-refractivity contribution in [3.8, 4) is 11.4 Å². The van der Waals surface area contributed by atoms with Crippen molar-refractivity contribution < 1.29 is 19.4 Å². The Morgan fingerprint density at radius 3 is 2.63 bits per heavy atom. The number of aliphatic hydroxyl groups is 1. The number of anilines is 5. The van der Waals surface area contributed by atoms with Gasteiger partial charge in [-0.1, -0.05) is 20.4 Å². The van der Waals surface area contributed by atoms with E-state index in [1.54, 1.807) is 36.5 Å². The minimum absolute atomic E-state index is 0.0360. The van der Waals surface area contributed by atoms with Crippen LogP contribution >= 0.6 is 0 Å². The zero-order valence-electron chi connectivity index (χ0n) is 31.3. The summed E-state index contributed by atoms with van der Waals surface area (Å²) >= 11 is 0. The predicted octanol–water partition coefficient (Wildman–Crippen LogP) is 3.70. The molecule has 4 aromatic rings. The molecule has 2 saturated heterocycles. The van der Waals surface area contributed by atoms with E-state index in [0.717, 1.165) is 51.4 Å². The predicted molar refractivity (Wildman–Crippen MR) is 207 cm³/mol. The minimum Gasteiger partial charge on any atom is -0.392 e. The summed E-state index contributed by atoms with van der Waals surface area (Å²) in [7, 11) is 1.62. The van der Waals surface area contributed by atoms with E-state index in [9.17, 15) is 19.5 Å². The van der Waals surface area contributed by atoms with E-state index in [1.807, 2.05) is 18.2 Å². The van der Waals surface area contributed by atoms with Crippen molar-refractivity contribution in [1.29, 1.82) is 0 Å². The number of aliphatic hydroxyl groups excluding tert-OH is 1. The first-order valence-electron chi connectivity index (χ1n) is 18.6. The Balaban J connectivity index is 1.08. The molecule has 14 heteroatoms. The highest BCUT2D eigenvalue weighted by molar-refractivity contribution is 6.07. The number of ether oxygens (including phenoxy) is 1. The summed E-state index contributed by atoms with van der Waals surface area (Å²) in [4.78, 5) is 55.8. The summed E-state index contributed by atoms with van der Waals surface area (Å²) in [5, 5.41) is 16.9. The van der Waals surface area contributed by atoms with Gasteiger partial charge < -0.3 is 39.4 Å². The molecule has 0 saturated carbocycles. The Hall–Kier alpha value is -5.31. The summed E-state index contributed by atoms with van der Waals surface area (Å²) in [6, 6.07) is 9.99. The van der Waals surface area contributed by atoms with Gasteiger partial charge in [0, 0.05) is 75.2 Å². The zero-order valence-corrected chi connectivity index (χ0v) is 31.3. The van der Waals surface area contributed by atoms with Crippen molar-refractivity contribution in [3.63, 3.8) is 0 Å². The maximum Gasteiger partial charge on any atom is 0.293 e. The van der Waals surface area contributed by atoms with Crippen molar-refractivity contribution in [3.05, 3.63) is 88.2 Å². The van der Waals surface area contributed by atoms with Crippen LogP contribution in [0.5, 0.6) is 0 Å². The summed E-state index contributed by atoms with van der Waals surface area (Å²) < 4.78 is 8.98. The fraction of sp³-hybridized carbons (Fsp3) is 0.425. The molecule has 4 aliphatic rings. The standard InChI is InChI=1S/C40H47N9O5/c1-6-35(51)43-29-16-26(7-8-32(29)47-12-11-46(19-24(47)2)27-22-54-23-27)42-37-39(53)45(5)20-30(44-37)36-28(21-50)31(9-10-41-36)49-14-13-48-33(38(49)52)15-25-17-40(3,4)18-34(25)48/h6-10,15-16,20,24,27,50H,1,11-14,17-19,21-23H2,2-5H3,(H,42,44)(H,43,51)/t24-/m0/s1. The molecule has 6 heterocycles. The first-order valence-corrected chi connectivity index (χ1v) is 18.6. The van der Waals surface area contributed by atoms with Gasteiger partial charge in [-0.25, -0.2) is 4.98 Å². The zero-order chi connectivity index (χ0) is 37.9. The lowest BCUT2D eigenvalue weighted by molar-refractivity contribution is -0.111. The fourth-order valence-corrected chi connectivity index (χ4v) is 8.45. The third-order valence-corrected chi connectivity index (χ3v) is 11.2. The number of benzene rings is 1. The maximum atomic E-state index is 14.0. The van der Waals surface area contributed by atoms with Crippen LogP contribution in [-0.4, -0.2) is 92.4 Å². The number of nitrogens with zero attached hydrogens (tertiary/aromatic N) is 7. The van der Waals surface area contributed by atoms with Gasteiger partial charge in [-0.3, -0.25) is 24.3 Å².